The average Bonchev–Trinajstić information content (AvgIpc) is 2.93. The lowest BCUT2D eigenvalue weighted by Crippen LogP contribution is -2.15. The monoisotopic (exact) mass is 260 g/mol. The van der Waals surface area contributed by atoms with Crippen LogP contribution in [0.25, 0.3) is 11.4 Å². The van der Waals surface area contributed by atoms with Gasteiger partial charge in [0.2, 0.25) is 11.7 Å². The molecule has 2 aromatic rings. The van der Waals surface area contributed by atoms with Crippen molar-refractivity contribution < 1.29 is 4.52 Å². The first-order valence-electron chi connectivity index (χ1n) is 6.74. The van der Waals surface area contributed by atoms with E-state index in [1.54, 1.807) is 6.20 Å². The van der Waals surface area contributed by atoms with Gasteiger partial charge in [0.15, 0.2) is 0 Å². The molecule has 1 unspecified atom stereocenters. The van der Waals surface area contributed by atoms with Crippen LogP contribution in [0.3, 0.4) is 0 Å². The zero-order valence-corrected chi connectivity index (χ0v) is 11.5. The standard InChI is InChI=1S/C14H20N4O/c1-3-10(8-15)7-13-17-14(18-19-13)12-5-6-16-9-11(12)4-2/h5-6,9-10H,3-4,7-8,15H2,1-2H3. The molecule has 2 N–H and O–H groups in total. The minimum Gasteiger partial charge on any atom is -0.339 e. The molecule has 5 heteroatoms. The molecule has 0 aromatic carbocycles. The van der Waals surface area contributed by atoms with E-state index in [2.05, 4.69) is 29.0 Å². The maximum absolute atomic E-state index is 5.70. The summed E-state index contributed by atoms with van der Waals surface area (Å²) in [4.78, 5) is 8.58. The normalized spacial score (nSPS) is 12.6. The third-order valence-electron chi connectivity index (χ3n) is 3.37. The molecular weight excluding hydrogens is 240 g/mol. The van der Waals surface area contributed by atoms with Gasteiger partial charge in [-0.25, -0.2) is 0 Å². The first kappa shape index (κ1) is 13.7. The molecule has 0 aliphatic rings. The first-order chi connectivity index (χ1) is 9.28. The average molecular weight is 260 g/mol. The van der Waals surface area contributed by atoms with E-state index < -0.39 is 0 Å². The number of hydrogen-bond acceptors (Lipinski definition) is 5. The van der Waals surface area contributed by atoms with E-state index in [0.29, 0.717) is 24.2 Å². The third-order valence-corrected chi connectivity index (χ3v) is 3.37. The molecule has 0 spiro atoms. The SMILES string of the molecule is CCc1cnccc1-c1noc(CC(CC)CN)n1. The predicted molar refractivity (Wildman–Crippen MR) is 73.4 cm³/mol. The van der Waals surface area contributed by atoms with Crippen LogP contribution >= 0.6 is 0 Å². The summed E-state index contributed by atoms with van der Waals surface area (Å²) in [6, 6.07) is 1.92. The molecule has 0 radical (unpaired) electrons. The molecule has 2 heterocycles. The van der Waals surface area contributed by atoms with Crippen molar-refractivity contribution >= 4 is 0 Å². The second-order valence-electron chi connectivity index (χ2n) is 4.61. The molecule has 102 valence electrons. The number of hydrogen-bond donors (Lipinski definition) is 1. The summed E-state index contributed by atoms with van der Waals surface area (Å²) >= 11 is 0. The highest BCUT2D eigenvalue weighted by Gasteiger charge is 2.14. The zero-order chi connectivity index (χ0) is 13.7. The maximum atomic E-state index is 5.70. The van der Waals surface area contributed by atoms with Crippen molar-refractivity contribution in [1.29, 1.82) is 0 Å². The fraction of sp³-hybridized carbons (Fsp3) is 0.500. The zero-order valence-electron chi connectivity index (χ0n) is 11.5. The van der Waals surface area contributed by atoms with E-state index in [9.17, 15) is 0 Å². The van der Waals surface area contributed by atoms with Gasteiger partial charge >= 0.3 is 0 Å². The van der Waals surface area contributed by atoms with E-state index in [-0.39, 0.29) is 0 Å². The molecule has 2 aromatic heterocycles. The van der Waals surface area contributed by atoms with Crippen LogP contribution in [0.15, 0.2) is 23.0 Å². The Labute approximate surface area is 113 Å². The molecule has 0 aliphatic carbocycles. The fourth-order valence-electron chi connectivity index (χ4n) is 2.02. The van der Waals surface area contributed by atoms with Gasteiger partial charge in [0.25, 0.3) is 0 Å². The van der Waals surface area contributed by atoms with Crippen molar-refractivity contribution in [1.82, 2.24) is 15.1 Å². The Morgan fingerprint density at radius 3 is 2.89 bits per heavy atom. The van der Waals surface area contributed by atoms with Crippen LogP contribution in [0.4, 0.5) is 0 Å². The van der Waals surface area contributed by atoms with Gasteiger partial charge in [-0.3, -0.25) is 4.98 Å². The van der Waals surface area contributed by atoms with Crippen LogP contribution in [0, 0.1) is 5.92 Å². The highest BCUT2D eigenvalue weighted by Crippen LogP contribution is 2.21. The topological polar surface area (TPSA) is 77.8 Å². The Morgan fingerprint density at radius 2 is 2.21 bits per heavy atom. The Hall–Kier alpha value is -1.75. The summed E-state index contributed by atoms with van der Waals surface area (Å²) in [5, 5.41) is 4.06. The maximum Gasteiger partial charge on any atom is 0.227 e. The lowest BCUT2D eigenvalue weighted by Gasteiger charge is -2.07. The van der Waals surface area contributed by atoms with Crippen molar-refractivity contribution in [3.05, 3.63) is 29.9 Å². The molecule has 1 atom stereocenters. The number of aromatic nitrogens is 3. The molecular formula is C14H20N4O. The second-order valence-corrected chi connectivity index (χ2v) is 4.61. The molecule has 0 amide bonds. The Balaban J connectivity index is 2.21. The minimum absolute atomic E-state index is 0.399. The van der Waals surface area contributed by atoms with Crippen molar-refractivity contribution in [2.45, 2.75) is 33.1 Å². The van der Waals surface area contributed by atoms with E-state index in [0.717, 1.165) is 30.4 Å². The minimum atomic E-state index is 0.399. The smallest absolute Gasteiger partial charge is 0.227 e. The van der Waals surface area contributed by atoms with Gasteiger partial charge in [0.1, 0.15) is 0 Å². The molecule has 2 rings (SSSR count). The largest absolute Gasteiger partial charge is 0.339 e. The highest BCUT2D eigenvalue weighted by molar-refractivity contribution is 5.58. The summed E-state index contributed by atoms with van der Waals surface area (Å²) in [7, 11) is 0. The summed E-state index contributed by atoms with van der Waals surface area (Å²) in [5.74, 6) is 1.70. The second kappa shape index (κ2) is 6.43. The van der Waals surface area contributed by atoms with Crippen molar-refractivity contribution in [3.63, 3.8) is 0 Å². The predicted octanol–water partition coefficient (Wildman–Crippen LogP) is 2.22. The van der Waals surface area contributed by atoms with Gasteiger partial charge < -0.3 is 10.3 Å². The van der Waals surface area contributed by atoms with Gasteiger partial charge in [0, 0.05) is 24.4 Å². The van der Waals surface area contributed by atoms with E-state index >= 15 is 0 Å². The van der Waals surface area contributed by atoms with Gasteiger partial charge in [-0.05, 0) is 30.5 Å². The quantitative estimate of drug-likeness (QED) is 0.861. The van der Waals surface area contributed by atoms with Gasteiger partial charge in [-0.15, -0.1) is 0 Å². The van der Waals surface area contributed by atoms with Crippen LogP contribution in [0.1, 0.15) is 31.7 Å². The lowest BCUT2D eigenvalue weighted by atomic mass is 10.0. The molecule has 0 saturated heterocycles. The molecule has 0 bridgehead atoms. The lowest BCUT2D eigenvalue weighted by molar-refractivity contribution is 0.350. The first-order valence-corrected chi connectivity index (χ1v) is 6.74. The Kier molecular flexibility index (Phi) is 4.63. The number of aryl methyl sites for hydroxylation is 1. The fourth-order valence-corrected chi connectivity index (χ4v) is 2.02. The summed E-state index contributed by atoms with van der Waals surface area (Å²) in [5.41, 5.74) is 7.82. The van der Waals surface area contributed by atoms with E-state index in [1.807, 2.05) is 12.3 Å². The molecule has 5 nitrogen and oxygen atoms in total. The van der Waals surface area contributed by atoms with Crippen LogP contribution in [-0.4, -0.2) is 21.7 Å². The third kappa shape index (κ3) is 3.17. The summed E-state index contributed by atoms with van der Waals surface area (Å²) in [6.07, 6.45) is 6.25. The van der Waals surface area contributed by atoms with Crippen LogP contribution < -0.4 is 5.73 Å². The number of nitrogens with two attached hydrogens (primary N) is 1. The molecule has 0 aliphatic heterocycles. The van der Waals surface area contributed by atoms with Gasteiger partial charge in [-0.1, -0.05) is 25.4 Å². The highest BCUT2D eigenvalue weighted by atomic mass is 16.5. The summed E-state index contributed by atoms with van der Waals surface area (Å²) in [6.45, 7) is 4.85. The van der Waals surface area contributed by atoms with E-state index in [1.165, 1.54) is 0 Å². The van der Waals surface area contributed by atoms with Crippen LogP contribution in [0.5, 0.6) is 0 Å². The number of pyridine rings is 1. The van der Waals surface area contributed by atoms with Gasteiger partial charge in [-0.2, -0.15) is 4.98 Å². The Bertz CT molecular complexity index is 520. The molecule has 0 saturated carbocycles. The number of rotatable bonds is 6. The van der Waals surface area contributed by atoms with Crippen LogP contribution in [-0.2, 0) is 12.8 Å². The van der Waals surface area contributed by atoms with Crippen LogP contribution in [0.2, 0.25) is 0 Å². The Morgan fingerprint density at radius 1 is 1.37 bits per heavy atom. The molecule has 19 heavy (non-hydrogen) atoms. The summed E-state index contributed by atoms with van der Waals surface area (Å²) < 4.78 is 5.32. The van der Waals surface area contributed by atoms with Crippen molar-refractivity contribution in [2.24, 2.45) is 11.7 Å². The number of nitrogens with zero attached hydrogens (tertiary/aromatic N) is 3. The van der Waals surface area contributed by atoms with E-state index in [4.69, 9.17) is 10.3 Å². The van der Waals surface area contributed by atoms with Crippen molar-refractivity contribution in [3.8, 4) is 11.4 Å². The molecule has 0 fully saturated rings. The van der Waals surface area contributed by atoms with Crippen molar-refractivity contribution in [2.75, 3.05) is 6.54 Å². The van der Waals surface area contributed by atoms with Gasteiger partial charge in [0.05, 0.1) is 0 Å².